The van der Waals surface area contributed by atoms with Crippen molar-refractivity contribution in [2.24, 2.45) is 12.5 Å². The third kappa shape index (κ3) is 2.70. The van der Waals surface area contributed by atoms with Gasteiger partial charge in [0, 0.05) is 26.0 Å². The van der Waals surface area contributed by atoms with Crippen molar-refractivity contribution in [1.82, 2.24) is 9.55 Å². The molecule has 0 N–H and O–H groups in total. The molecule has 0 fully saturated rings. The quantitative estimate of drug-likeness (QED) is 0.735. The number of imidazole rings is 1. The van der Waals surface area contributed by atoms with Crippen molar-refractivity contribution < 1.29 is 9.53 Å². The maximum Gasteiger partial charge on any atom is 0.227 e. The number of rotatable bonds is 4. The summed E-state index contributed by atoms with van der Waals surface area (Å²) in [4.78, 5) is 16.3. The van der Waals surface area contributed by atoms with E-state index in [1.54, 1.807) is 17.0 Å². The van der Waals surface area contributed by atoms with Crippen molar-refractivity contribution in [2.45, 2.75) is 33.8 Å². The minimum absolute atomic E-state index is 0.0538. The van der Waals surface area contributed by atoms with Crippen LogP contribution in [-0.2, 0) is 11.8 Å². The van der Waals surface area contributed by atoms with Crippen LogP contribution >= 0.6 is 0 Å². The van der Waals surface area contributed by atoms with E-state index in [1.165, 1.54) is 0 Å². The highest BCUT2D eigenvalue weighted by Crippen LogP contribution is 2.25. The van der Waals surface area contributed by atoms with Crippen LogP contribution in [0.25, 0.3) is 0 Å². The average Bonchev–Trinajstić information content (AvgIpc) is 2.58. The van der Waals surface area contributed by atoms with E-state index < -0.39 is 6.10 Å². The zero-order valence-corrected chi connectivity index (χ0v) is 10.7. The van der Waals surface area contributed by atoms with Crippen LogP contribution < -0.4 is 0 Å². The lowest BCUT2D eigenvalue weighted by molar-refractivity contribution is -0.00115. The molecule has 4 nitrogen and oxygen atoms in total. The van der Waals surface area contributed by atoms with Gasteiger partial charge < -0.3 is 9.30 Å². The van der Waals surface area contributed by atoms with Crippen LogP contribution in [0, 0.1) is 5.41 Å². The zero-order chi connectivity index (χ0) is 12.3. The molecule has 0 radical (unpaired) electrons. The number of nitrogens with zero attached hydrogens (tertiary/aromatic N) is 2. The first-order valence-electron chi connectivity index (χ1n) is 5.51. The van der Waals surface area contributed by atoms with Crippen LogP contribution in [0.4, 0.5) is 0 Å². The Hall–Kier alpha value is -1.16. The highest BCUT2D eigenvalue weighted by molar-refractivity contribution is 5.97. The lowest BCUT2D eigenvalue weighted by Gasteiger charge is -2.28. The van der Waals surface area contributed by atoms with Gasteiger partial charge in [-0.15, -0.1) is 0 Å². The van der Waals surface area contributed by atoms with Gasteiger partial charge in [0.2, 0.25) is 5.78 Å². The molecular formula is C12H20N2O2. The first-order valence-corrected chi connectivity index (χ1v) is 5.51. The van der Waals surface area contributed by atoms with Gasteiger partial charge in [0.05, 0.1) is 0 Å². The van der Waals surface area contributed by atoms with Crippen molar-refractivity contribution in [1.29, 1.82) is 0 Å². The molecule has 0 aliphatic carbocycles. The zero-order valence-electron chi connectivity index (χ0n) is 10.7. The van der Waals surface area contributed by atoms with Gasteiger partial charge in [0.25, 0.3) is 0 Å². The van der Waals surface area contributed by atoms with E-state index >= 15 is 0 Å². The van der Waals surface area contributed by atoms with Crippen LogP contribution in [0.2, 0.25) is 0 Å². The highest BCUT2D eigenvalue weighted by Gasteiger charge is 2.34. The Labute approximate surface area is 96.6 Å². The fourth-order valence-corrected chi connectivity index (χ4v) is 1.61. The van der Waals surface area contributed by atoms with E-state index in [2.05, 4.69) is 4.98 Å². The van der Waals surface area contributed by atoms with Crippen molar-refractivity contribution in [3.05, 3.63) is 18.2 Å². The summed E-state index contributed by atoms with van der Waals surface area (Å²) >= 11 is 0. The monoisotopic (exact) mass is 224 g/mol. The number of Topliss-reactive ketones (excluding diaryl/α,β-unsaturated/α-hetero) is 1. The molecule has 0 spiro atoms. The summed E-state index contributed by atoms with van der Waals surface area (Å²) in [5, 5.41) is 0. The number of hydrogen-bond donors (Lipinski definition) is 0. The van der Waals surface area contributed by atoms with Gasteiger partial charge in [-0.25, -0.2) is 4.98 Å². The third-order valence-corrected chi connectivity index (χ3v) is 2.40. The Kier molecular flexibility index (Phi) is 3.86. The molecule has 90 valence electrons. The normalized spacial score (nSPS) is 13.8. The SMILES string of the molecule is CCOC(C(=O)c1nccn1C)C(C)(C)C. The van der Waals surface area contributed by atoms with Gasteiger partial charge >= 0.3 is 0 Å². The fourth-order valence-electron chi connectivity index (χ4n) is 1.61. The third-order valence-electron chi connectivity index (χ3n) is 2.40. The van der Waals surface area contributed by atoms with E-state index in [-0.39, 0.29) is 11.2 Å². The maximum atomic E-state index is 12.3. The lowest BCUT2D eigenvalue weighted by atomic mass is 9.86. The van der Waals surface area contributed by atoms with Crippen molar-refractivity contribution in [2.75, 3.05) is 6.61 Å². The molecule has 1 atom stereocenters. The summed E-state index contributed by atoms with van der Waals surface area (Å²) in [6.45, 7) is 8.40. The predicted octanol–water partition coefficient (Wildman–Crippen LogP) is 2.05. The van der Waals surface area contributed by atoms with Crippen LogP contribution in [0.3, 0.4) is 0 Å². The molecule has 1 unspecified atom stereocenters. The topological polar surface area (TPSA) is 44.1 Å². The Morgan fingerprint density at radius 3 is 2.56 bits per heavy atom. The van der Waals surface area contributed by atoms with Gasteiger partial charge in [0.15, 0.2) is 5.82 Å². The summed E-state index contributed by atoms with van der Waals surface area (Å²) in [6.07, 6.45) is 2.94. The number of ether oxygens (including phenoxy) is 1. The molecule has 0 aromatic carbocycles. The van der Waals surface area contributed by atoms with E-state index in [0.29, 0.717) is 12.4 Å². The second kappa shape index (κ2) is 4.78. The lowest BCUT2D eigenvalue weighted by Crippen LogP contribution is -2.38. The van der Waals surface area contributed by atoms with E-state index in [1.807, 2.05) is 34.7 Å². The van der Waals surface area contributed by atoms with Crippen LogP contribution in [-0.4, -0.2) is 28.0 Å². The first kappa shape index (κ1) is 12.9. The number of ketones is 1. The summed E-state index contributed by atoms with van der Waals surface area (Å²) < 4.78 is 7.27. The van der Waals surface area contributed by atoms with Crippen LogP contribution in [0.1, 0.15) is 38.3 Å². The minimum Gasteiger partial charge on any atom is -0.370 e. The number of hydrogen-bond acceptors (Lipinski definition) is 3. The fraction of sp³-hybridized carbons (Fsp3) is 0.667. The standard InChI is InChI=1S/C12H20N2O2/c1-6-16-10(12(2,3)4)9(15)11-13-7-8-14(11)5/h7-8,10H,6H2,1-5H3. The molecular weight excluding hydrogens is 204 g/mol. The predicted molar refractivity (Wildman–Crippen MR) is 62.4 cm³/mol. The molecule has 4 heteroatoms. The summed E-state index contributed by atoms with van der Waals surface area (Å²) in [5.41, 5.74) is -0.223. The average molecular weight is 224 g/mol. The maximum absolute atomic E-state index is 12.3. The number of carbonyl (C=O) groups excluding carboxylic acids is 1. The first-order chi connectivity index (χ1) is 7.38. The van der Waals surface area contributed by atoms with E-state index in [0.717, 1.165) is 0 Å². The Balaban J connectivity index is 2.97. The Bertz CT molecular complexity index is 363. The van der Waals surface area contributed by atoms with Gasteiger partial charge in [-0.3, -0.25) is 4.79 Å². The van der Waals surface area contributed by atoms with Crippen molar-refractivity contribution >= 4 is 5.78 Å². The summed E-state index contributed by atoms with van der Waals surface area (Å²) in [6, 6.07) is 0. The minimum atomic E-state index is -0.446. The Morgan fingerprint density at radius 2 is 2.19 bits per heavy atom. The molecule has 1 rings (SSSR count). The van der Waals surface area contributed by atoms with Crippen molar-refractivity contribution in [3.8, 4) is 0 Å². The van der Waals surface area contributed by atoms with Gasteiger partial charge in [-0.1, -0.05) is 20.8 Å². The molecule has 0 saturated carbocycles. The molecule has 0 bridgehead atoms. The summed E-state index contributed by atoms with van der Waals surface area (Å²) in [5.74, 6) is 0.398. The Morgan fingerprint density at radius 1 is 1.56 bits per heavy atom. The molecule has 1 aromatic heterocycles. The molecule has 16 heavy (non-hydrogen) atoms. The number of carbonyl (C=O) groups is 1. The second-order valence-corrected chi connectivity index (χ2v) is 4.93. The molecule has 1 heterocycles. The molecule has 0 saturated heterocycles. The largest absolute Gasteiger partial charge is 0.370 e. The highest BCUT2D eigenvalue weighted by atomic mass is 16.5. The van der Waals surface area contributed by atoms with E-state index in [9.17, 15) is 4.79 Å². The van der Waals surface area contributed by atoms with E-state index in [4.69, 9.17) is 4.74 Å². The second-order valence-electron chi connectivity index (χ2n) is 4.93. The molecule has 0 aliphatic rings. The number of aromatic nitrogens is 2. The number of aryl methyl sites for hydroxylation is 1. The molecule has 0 aliphatic heterocycles. The van der Waals surface area contributed by atoms with Gasteiger partial charge in [-0.05, 0) is 12.3 Å². The molecule has 0 amide bonds. The smallest absolute Gasteiger partial charge is 0.227 e. The van der Waals surface area contributed by atoms with Crippen LogP contribution in [0.15, 0.2) is 12.4 Å². The molecule has 1 aromatic rings. The summed E-state index contributed by atoms with van der Waals surface area (Å²) in [7, 11) is 1.81. The van der Waals surface area contributed by atoms with Crippen LogP contribution in [0.5, 0.6) is 0 Å². The van der Waals surface area contributed by atoms with Gasteiger partial charge in [-0.2, -0.15) is 0 Å². The van der Waals surface area contributed by atoms with Gasteiger partial charge in [0.1, 0.15) is 6.10 Å². The van der Waals surface area contributed by atoms with Crippen molar-refractivity contribution in [3.63, 3.8) is 0 Å².